The number of fused-ring (bicyclic) bond motifs is 3. The zero-order valence-electron chi connectivity index (χ0n) is 14.9. The van der Waals surface area contributed by atoms with Crippen LogP contribution < -0.4 is 4.74 Å². The molecule has 2 aliphatic carbocycles. The summed E-state index contributed by atoms with van der Waals surface area (Å²) in [6, 6.07) is 5.45. The van der Waals surface area contributed by atoms with E-state index in [4.69, 9.17) is 4.74 Å². The van der Waals surface area contributed by atoms with Crippen LogP contribution in [-0.4, -0.2) is 32.1 Å². The van der Waals surface area contributed by atoms with E-state index >= 15 is 0 Å². The van der Waals surface area contributed by atoms with Gasteiger partial charge in [-0.3, -0.25) is 0 Å². The third-order valence-electron chi connectivity index (χ3n) is 6.44. The van der Waals surface area contributed by atoms with Crippen molar-refractivity contribution in [2.24, 2.45) is 5.92 Å². The Kier molecular flexibility index (Phi) is 4.24. The lowest BCUT2D eigenvalue weighted by molar-refractivity contribution is 0.0681. The Bertz CT molecular complexity index is 551. The van der Waals surface area contributed by atoms with Crippen molar-refractivity contribution in [3.8, 4) is 5.75 Å². The highest BCUT2D eigenvalue weighted by Crippen LogP contribution is 2.53. The van der Waals surface area contributed by atoms with Crippen LogP contribution in [0.3, 0.4) is 0 Å². The highest BCUT2D eigenvalue weighted by molar-refractivity contribution is 5.48. The standard InChI is InChI=1S/C20H31NO/c1-6-20-10-8-7-9-16(20)18(21(3)4)12-15-11-14(2)19(22-5)13-17(15)20/h11,13,16,18H,6-10,12H2,1-5H3. The molecule has 0 spiro atoms. The summed E-state index contributed by atoms with van der Waals surface area (Å²) in [4.78, 5) is 2.48. The number of nitrogens with zero attached hydrogens (tertiary/aromatic N) is 1. The summed E-state index contributed by atoms with van der Waals surface area (Å²) in [5.74, 6) is 1.86. The van der Waals surface area contributed by atoms with Gasteiger partial charge < -0.3 is 9.64 Å². The van der Waals surface area contributed by atoms with Gasteiger partial charge in [-0.25, -0.2) is 0 Å². The summed E-state index contributed by atoms with van der Waals surface area (Å²) < 4.78 is 5.64. The lowest BCUT2D eigenvalue weighted by Gasteiger charge is -2.53. The number of ether oxygens (including phenoxy) is 1. The number of hydrogen-bond acceptors (Lipinski definition) is 2. The van der Waals surface area contributed by atoms with Crippen LogP contribution in [0.1, 0.15) is 55.7 Å². The fraction of sp³-hybridized carbons (Fsp3) is 0.700. The molecule has 2 nitrogen and oxygen atoms in total. The van der Waals surface area contributed by atoms with Crippen molar-refractivity contribution in [1.29, 1.82) is 0 Å². The molecule has 0 bridgehead atoms. The monoisotopic (exact) mass is 301 g/mol. The van der Waals surface area contributed by atoms with Crippen molar-refractivity contribution in [2.45, 2.75) is 63.8 Å². The summed E-state index contributed by atoms with van der Waals surface area (Å²) in [7, 11) is 6.33. The molecule has 1 saturated carbocycles. The lowest BCUT2D eigenvalue weighted by Crippen LogP contribution is -2.53. The number of aryl methyl sites for hydroxylation is 1. The van der Waals surface area contributed by atoms with Crippen molar-refractivity contribution in [1.82, 2.24) is 4.90 Å². The number of methoxy groups -OCH3 is 1. The van der Waals surface area contributed by atoms with Crippen LogP contribution in [-0.2, 0) is 11.8 Å². The minimum absolute atomic E-state index is 0.363. The Morgan fingerprint density at radius 1 is 1.27 bits per heavy atom. The first kappa shape index (κ1) is 15.9. The van der Waals surface area contributed by atoms with E-state index < -0.39 is 0 Å². The van der Waals surface area contributed by atoms with Crippen LogP contribution in [0.5, 0.6) is 5.75 Å². The van der Waals surface area contributed by atoms with Crippen molar-refractivity contribution in [2.75, 3.05) is 21.2 Å². The van der Waals surface area contributed by atoms with Gasteiger partial charge in [0.25, 0.3) is 0 Å². The molecule has 22 heavy (non-hydrogen) atoms. The van der Waals surface area contributed by atoms with Crippen LogP contribution in [0.2, 0.25) is 0 Å². The number of likely N-dealkylation sites (N-methyl/N-ethyl adjacent to an activating group) is 1. The van der Waals surface area contributed by atoms with Gasteiger partial charge >= 0.3 is 0 Å². The van der Waals surface area contributed by atoms with E-state index in [-0.39, 0.29) is 0 Å². The van der Waals surface area contributed by atoms with Crippen molar-refractivity contribution < 1.29 is 4.74 Å². The Hall–Kier alpha value is -1.02. The van der Waals surface area contributed by atoms with Crippen LogP contribution in [0.25, 0.3) is 0 Å². The van der Waals surface area contributed by atoms with E-state index in [9.17, 15) is 0 Å². The predicted octanol–water partition coefficient (Wildman–Crippen LogP) is 4.33. The smallest absolute Gasteiger partial charge is 0.122 e. The fourth-order valence-corrected chi connectivity index (χ4v) is 5.30. The number of benzene rings is 1. The van der Waals surface area contributed by atoms with E-state index in [1.54, 1.807) is 18.2 Å². The zero-order valence-corrected chi connectivity index (χ0v) is 14.9. The first-order chi connectivity index (χ1) is 10.5. The van der Waals surface area contributed by atoms with Gasteiger partial charge in [0.05, 0.1) is 7.11 Å². The molecule has 1 aromatic rings. The molecule has 3 unspecified atom stereocenters. The molecule has 0 radical (unpaired) electrons. The van der Waals surface area contributed by atoms with Crippen LogP contribution in [0.15, 0.2) is 12.1 Å². The second-order valence-corrected chi connectivity index (χ2v) is 7.58. The number of rotatable bonds is 3. The van der Waals surface area contributed by atoms with Crippen molar-refractivity contribution in [3.63, 3.8) is 0 Å². The fourth-order valence-electron chi connectivity index (χ4n) is 5.30. The molecule has 0 aliphatic heterocycles. The van der Waals surface area contributed by atoms with E-state index in [2.05, 4.69) is 45.0 Å². The Morgan fingerprint density at radius 3 is 2.68 bits per heavy atom. The first-order valence-corrected chi connectivity index (χ1v) is 8.88. The molecular formula is C20H31NO. The molecule has 3 rings (SSSR count). The molecule has 0 heterocycles. The average molecular weight is 301 g/mol. The maximum atomic E-state index is 5.64. The normalized spacial score (nSPS) is 30.8. The summed E-state index contributed by atoms with van der Waals surface area (Å²) in [5.41, 5.74) is 4.80. The predicted molar refractivity (Wildman–Crippen MR) is 92.8 cm³/mol. The minimum Gasteiger partial charge on any atom is -0.496 e. The maximum absolute atomic E-state index is 5.64. The molecule has 0 saturated heterocycles. The van der Waals surface area contributed by atoms with Gasteiger partial charge in [-0.05, 0) is 80.8 Å². The minimum atomic E-state index is 0.363. The summed E-state index contributed by atoms with van der Waals surface area (Å²) in [5, 5.41) is 0. The summed E-state index contributed by atoms with van der Waals surface area (Å²) in [6.07, 6.45) is 7.94. The highest BCUT2D eigenvalue weighted by Gasteiger charge is 2.49. The maximum Gasteiger partial charge on any atom is 0.122 e. The first-order valence-electron chi connectivity index (χ1n) is 8.88. The van der Waals surface area contributed by atoms with Gasteiger partial charge in [-0.15, -0.1) is 0 Å². The van der Waals surface area contributed by atoms with Crippen molar-refractivity contribution >= 4 is 0 Å². The number of hydrogen-bond donors (Lipinski definition) is 0. The molecule has 122 valence electrons. The molecule has 1 fully saturated rings. The van der Waals surface area contributed by atoms with E-state index in [1.165, 1.54) is 44.1 Å². The molecule has 2 heteroatoms. The third-order valence-corrected chi connectivity index (χ3v) is 6.44. The topological polar surface area (TPSA) is 12.5 Å². The van der Waals surface area contributed by atoms with E-state index in [0.717, 1.165) is 11.7 Å². The van der Waals surface area contributed by atoms with E-state index in [1.807, 2.05) is 0 Å². The summed E-state index contributed by atoms with van der Waals surface area (Å²) in [6.45, 7) is 4.57. The Labute approximate surface area is 135 Å². The van der Waals surface area contributed by atoms with Gasteiger partial charge in [-0.2, -0.15) is 0 Å². The molecule has 0 aromatic heterocycles. The van der Waals surface area contributed by atoms with Crippen molar-refractivity contribution in [3.05, 3.63) is 28.8 Å². The second-order valence-electron chi connectivity index (χ2n) is 7.58. The SMILES string of the molecule is CCC12CCCCC1C(N(C)C)Cc1cc(C)c(OC)cc12. The van der Waals surface area contributed by atoms with Gasteiger partial charge in [-0.1, -0.05) is 25.8 Å². The summed E-state index contributed by atoms with van der Waals surface area (Å²) >= 11 is 0. The highest BCUT2D eigenvalue weighted by atomic mass is 16.5. The van der Waals surface area contributed by atoms with Gasteiger partial charge in [0.2, 0.25) is 0 Å². The van der Waals surface area contributed by atoms with Gasteiger partial charge in [0, 0.05) is 6.04 Å². The molecule has 0 N–H and O–H groups in total. The molecule has 0 amide bonds. The van der Waals surface area contributed by atoms with Crippen LogP contribution >= 0.6 is 0 Å². The molecular weight excluding hydrogens is 270 g/mol. The van der Waals surface area contributed by atoms with Crippen LogP contribution in [0.4, 0.5) is 0 Å². The third kappa shape index (κ3) is 2.27. The largest absolute Gasteiger partial charge is 0.496 e. The molecule has 1 aromatic carbocycles. The second kappa shape index (κ2) is 5.88. The molecule has 2 aliphatic rings. The lowest BCUT2D eigenvalue weighted by atomic mass is 9.54. The van der Waals surface area contributed by atoms with Crippen LogP contribution in [0, 0.1) is 12.8 Å². The van der Waals surface area contributed by atoms with Gasteiger partial charge in [0.1, 0.15) is 5.75 Å². The molecule has 3 atom stereocenters. The quantitative estimate of drug-likeness (QED) is 0.824. The Balaban J connectivity index is 2.18. The Morgan fingerprint density at radius 2 is 2.05 bits per heavy atom. The average Bonchev–Trinajstić information content (AvgIpc) is 2.52. The zero-order chi connectivity index (χ0) is 15.9. The van der Waals surface area contributed by atoms with Gasteiger partial charge in [0.15, 0.2) is 0 Å². The van der Waals surface area contributed by atoms with E-state index in [0.29, 0.717) is 11.5 Å².